The first kappa shape index (κ1) is 17.4. The Balaban J connectivity index is 1.30. The summed E-state index contributed by atoms with van der Waals surface area (Å²) in [6.07, 6.45) is 3.29. The normalized spacial score (nSPS) is 24.7. The summed E-state index contributed by atoms with van der Waals surface area (Å²) in [7, 11) is 0. The smallest absolute Gasteiger partial charge is 0.122 e. The average Bonchev–Trinajstić information content (AvgIpc) is 3.09. The van der Waals surface area contributed by atoms with Crippen LogP contribution in [0.15, 0.2) is 48.5 Å². The molecule has 0 unspecified atom stereocenters. The molecule has 2 atom stereocenters. The van der Waals surface area contributed by atoms with E-state index < -0.39 is 5.60 Å². The van der Waals surface area contributed by atoms with Crippen LogP contribution in [0.2, 0.25) is 0 Å². The van der Waals surface area contributed by atoms with Gasteiger partial charge in [0.15, 0.2) is 0 Å². The van der Waals surface area contributed by atoms with Gasteiger partial charge in [-0.25, -0.2) is 0 Å². The Bertz CT molecular complexity index is 747. The number of fused-ring (bicyclic) bond motifs is 1. The number of hydrogen-bond acceptors (Lipinski definition) is 4. The molecule has 0 radical (unpaired) electrons. The van der Waals surface area contributed by atoms with Crippen LogP contribution in [0.3, 0.4) is 0 Å². The molecule has 4 rings (SSSR count). The first-order valence-electron chi connectivity index (χ1n) is 9.50. The van der Waals surface area contributed by atoms with Crippen molar-refractivity contribution in [1.29, 1.82) is 0 Å². The highest BCUT2D eigenvalue weighted by Gasteiger charge is 2.47. The summed E-state index contributed by atoms with van der Waals surface area (Å²) in [5.41, 5.74) is 1.54. The standard InChI is InChI=1S/C22H27NO3/c24-20-7-6-17(21(25)10-20)8-9-23-14-18-12-22(26,13-19(18)15-23)11-16-4-2-1-3-5-16/h1-7,10,18-19,24-26H,8-9,11-15H2/t18-,19-/m0/s1. The molecule has 1 saturated heterocycles. The van der Waals surface area contributed by atoms with Gasteiger partial charge in [0.25, 0.3) is 0 Å². The topological polar surface area (TPSA) is 63.9 Å². The van der Waals surface area contributed by atoms with Crippen molar-refractivity contribution in [2.45, 2.75) is 31.3 Å². The fraction of sp³-hybridized carbons (Fsp3) is 0.455. The molecule has 2 fully saturated rings. The molecule has 1 aliphatic carbocycles. The van der Waals surface area contributed by atoms with Crippen LogP contribution >= 0.6 is 0 Å². The number of phenols is 2. The molecular formula is C22H27NO3. The van der Waals surface area contributed by atoms with E-state index in [9.17, 15) is 15.3 Å². The second-order valence-corrected chi connectivity index (χ2v) is 8.14. The SMILES string of the molecule is Oc1ccc(CCN2C[C@@H]3CC(O)(Cc4ccccc4)C[C@H]3C2)c(O)c1. The van der Waals surface area contributed by atoms with E-state index in [0.29, 0.717) is 11.8 Å². The fourth-order valence-corrected chi connectivity index (χ4v) is 4.90. The van der Waals surface area contributed by atoms with E-state index in [-0.39, 0.29) is 11.5 Å². The van der Waals surface area contributed by atoms with Gasteiger partial charge < -0.3 is 20.2 Å². The van der Waals surface area contributed by atoms with Crippen molar-refractivity contribution < 1.29 is 15.3 Å². The van der Waals surface area contributed by atoms with Gasteiger partial charge in [-0.05, 0) is 48.3 Å². The minimum atomic E-state index is -0.558. The monoisotopic (exact) mass is 353 g/mol. The molecule has 2 aliphatic rings. The van der Waals surface area contributed by atoms with Gasteiger partial charge in [-0.3, -0.25) is 0 Å². The van der Waals surface area contributed by atoms with Gasteiger partial charge in [0.2, 0.25) is 0 Å². The highest BCUT2D eigenvalue weighted by Crippen LogP contribution is 2.45. The summed E-state index contributed by atoms with van der Waals surface area (Å²) in [4.78, 5) is 2.45. The third-order valence-corrected chi connectivity index (χ3v) is 6.08. The van der Waals surface area contributed by atoms with Crippen LogP contribution in [0.4, 0.5) is 0 Å². The van der Waals surface area contributed by atoms with Gasteiger partial charge in [0.1, 0.15) is 11.5 Å². The Hall–Kier alpha value is -2.04. The van der Waals surface area contributed by atoms with Crippen molar-refractivity contribution in [3.63, 3.8) is 0 Å². The van der Waals surface area contributed by atoms with Gasteiger partial charge in [0, 0.05) is 32.1 Å². The van der Waals surface area contributed by atoms with Crippen molar-refractivity contribution in [3.05, 3.63) is 59.7 Å². The summed E-state index contributed by atoms with van der Waals surface area (Å²) in [5.74, 6) is 1.40. The highest BCUT2D eigenvalue weighted by atomic mass is 16.3. The number of aromatic hydroxyl groups is 2. The summed E-state index contributed by atoms with van der Waals surface area (Å²) < 4.78 is 0. The van der Waals surface area contributed by atoms with E-state index in [0.717, 1.165) is 50.9 Å². The maximum atomic E-state index is 11.0. The first-order valence-corrected chi connectivity index (χ1v) is 9.50. The molecule has 4 heteroatoms. The van der Waals surface area contributed by atoms with E-state index >= 15 is 0 Å². The number of hydrogen-bond donors (Lipinski definition) is 3. The van der Waals surface area contributed by atoms with Crippen molar-refractivity contribution in [3.8, 4) is 11.5 Å². The van der Waals surface area contributed by atoms with E-state index in [2.05, 4.69) is 17.0 Å². The van der Waals surface area contributed by atoms with Crippen LogP contribution in [0.1, 0.15) is 24.0 Å². The molecule has 0 bridgehead atoms. The second-order valence-electron chi connectivity index (χ2n) is 8.14. The number of benzene rings is 2. The van der Waals surface area contributed by atoms with Crippen molar-refractivity contribution in [2.75, 3.05) is 19.6 Å². The van der Waals surface area contributed by atoms with Crippen LogP contribution < -0.4 is 0 Å². The van der Waals surface area contributed by atoms with Gasteiger partial charge in [-0.1, -0.05) is 36.4 Å². The van der Waals surface area contributed by atoms with E-state index in [1.54, 1.807) is 12.1 Å². The Morgan fingerprint density at radius 2 is 1.65 bits per heavy atom. The predicted octanol–water partition coefficient (Wildman–Crippen LogP) is 2.96. The number of nitrogens with zero attached hydrogens (tertiary/aromatic N) is 1. The molecule has 26 heavy (non-hydrogen) atoms. The number of phenolic OH excluding ortho intramolecular Hbond substituents is 2. The zero-order valence-electron chi connectivity index (χ0n) is 15.0. The quantitative estimate of drug-likeness (QED) is 0.773. The van der Waals surface area contributed by atoms with E-state index in [4.69, 9.17) is 0 Å². The Labute approximate surface area is 154 Å². The van der Waals surface area contributed by atoms with Crippen LogP contribution in [-0.4, -0.2) is 45.5 Å². The fourth-order valence-electron chi connectivity index (χ4n) is 4.90. The molecule has 4 nitrogen and oxygen atoms in total. The van der Waals surface area contributed by atoms with E-state index in [1.165, 1.54) is 11.6 Å². The van der Waals surface area contributed by atoms with Gasteiger partial charge >= 0.3 is 0 Å². The van der Waals surface area contributed by atoms with Crippen LogP contribution in [-0.2, 0) is 12.8 Å². The summed E-state index contributed by atoms with van der Waals surface area (Å²) in [6, 6.07) is 15.1. The Kier molecular flexibility index (Phi) is 4.63. The minimum Gasteiger partial charge on any atom is -0.508 e. The Morgan fingerprint density at radius 3 is 2.31 bits per heavy atom. The largest absolute Gasteiger partial charge is 0.508 e. The third-order valence-electron chi connectivity index (χ3n) is 6.08. The molecule has 0 amide bonds. The maximum Gasteiger partial charge on any atom is 0.122 e. The average molecular weight is 353 g/mol. The lowest BCUT2D eigenvalue weighted by Crippen LogP contribution is -2.32. The molecule has 0 aromatic heterocycles. The molecule has 138 valence electrons. The highest BCUT2D eigenvalue weighted by molar-refractivity contribution is 5.39. The lowest BCUT2D eigenvalue weighted by Gasteiger charge is -2.26. The minimum absolute atomic E-state index is 0.0969. The molecule has 1 aliphatic heterocycles. The zero-order chi connectivity index (χ0) is 18.1. The predicted molar refractivity (Wildman–Crippen MR) is 101 cm³/mol. The number of aliphatic hydroxyl groups is 1. The maximum absolute atomic E-state index is 11.0. The molecule has 2 aromatic carbocycles. The van der Waals surface area contributed by atoms with Crippen LogP contribution in [0.5, 0.6) is 11.5 Å². The Morgan fingerprint density at radius 1 is 0.962 bits per heavy atom. The first-order chi connectivity index (χ1) is 12.5. The lowest BCUT2D eigenvalue weighted by molar-refractivity contribution is 0.0355. The summed E-state index contributed by atoms with van der Waals surface area (Å²) in [5, 5.41) is 30.3. The van der Waals surface area contributed by atoms with E-state index in [1.807, 2.05) is 18.2 Å². The number of likely N-dealkylation sites (tertiary alicyclic amines) is 1. The third kappa shape index (κ3) is 3.71. The zero-order valence-corrected chi connectivity index (χ0v) is 15.0. The lowest BCUT2D eigenvalue weighted by atomic mass is 9.91. The van der Waals surface area contributed by atoms with Crippen LogP contribution in [0.25, 0.3) is 0 Å². The van der Waals surface area contributed by atoms with Crippen molar-refractivity contribution in [1.82, 2.24) is 4.90 Å². The molecular weight excluding hydrogens is 326 g/mol. The van der Waals surface area contributed by atoms with Gasteiger partial charge in [-0.2, -0.15) is 0 Å². The number of rotatable bonds is 5. The molecule has 1 saturated carbocycles. The summed E-state index contributed by atoms with van der Waals surface area (Å²) >= 11 is 0. The van der Waals surface area contributed by atoms with Gasteiger partial charge in [0.05, 0.1) is 5.60 Å². The van der Waals surface area contributed by atoms with Crippen LogP contribution in [0, 0.1) is 11.8 Å². The van der Waals surface area contributed by atoms with Gasteiger partial charge in [-0.15, -0.1) is 0 Å². The molecule has 1 heterocycles. The molecule has 2 aromatic rings. The molecule has 0 spiro atoms. The molecule has 3 N–H and O–H groups in total. The van der Waals surface area contributed by atoms with Crippen molar-refractivity contribution >= 4 is 0 Å². The summed E-state index contributed by atoms with van der Waals surface area (Å²) in [6.45, 7) is 2.96. The van der Waals surface area contributed by atoms with Crippen molar-refractivity contribution in [2.24, 2.45) is 11.8 Å². The second kappa shape index (κ2) is 6.93.